The molecule has 1 aliphatic carbocycles. The van der Waals surface area contributed by atoms with Gasteiger partial charge in [-0.3, -0.25) is 9.48 Å². The molecule has 0 atom stereocenters. The minimum atomic E-state index is -0.214. The van der Waals surface area contributed by atoms with Crippen molar-refractivity contribution in [3.8, 4) is 0 Å². The topological polar surface area (TPSA) is 85.8 Å². The lowest BCUT2D eigenvalue weighted by atomic mass is 9.87. The van der Waals surface area contributed by atoms with E-state index in [1.807, 2.05) is 13.1 Å². The molecule has 3 rings (SSSR count). The summed E-state index contributed by atoms with van der Waals surface area (Å²) in [7, 11) is 1.86. The van der Waals surface area contributed by atoms with Gasteiger partial charge >= 0.3 is 0 Å². The molecule has 0 bridgehead atoms. The van der Waals surface area contributed by atoms with E-state index in [1.165, 1.54) is 43.4 Å². The molecule has 0 aromatic carbocycles. The van der Waals surface area contributed by atoms with Crippen molar-refractivity contribution in [1.82, 2.24) is 14.8 Å². The predicted molar refractivity (Wildman–Crippen MR) is 87.0 cm³/mol. The summed E-state index contributed by atoms with van der Waals surface area (Å²) in [5, 5.41) is 9.95. The van der Waals surface area contributed by atoms with E-state index in [0.717, 1.165) is 10.7 Å². The Morgan fingerprint density at radius 3 is 2.91 bits per heavy atom. The second-order valence-electron chi connectivity index (χ2n) is 5.70. The fourth-order valence-electron chi connectivity index (χ4n) is 2.89. The largest absolute Gasteiger partial charge is 0.325 e. The normalized spacial score (nSPS) is 15.9. The van der Waals surface area contributed by atoms with E-state index >= 15 is 0 Å². The molecule has 7 heteroatoms. The first-order chi connectivity index (χ1) is 10.7. The van der Waals surface area contributed by atoms with Crippen molar-refractivity contribution in [2.45, 2.75) is 44.6 Å². The second-order valence-corrected chi connectivity index (χ2v) is 6.64. The number of nitrogens with zero attached hydrogens (tertiary/aromatic N) is 3. The number of rotatable bonds is 4. The number of hydrogen-bond donors (Lipinski definition) is 2. The van der Waals surface area contributed by atoms with Gasteiger partial charge in [0.25, 0.3) is 5.91 Å². The molecule has 1 amide bonds. The SMILES string of the molecule is Cn1nc(C2CCCCC2)cc1NC(=O)c1csc(CN)n1. The van der Waals surface area contributed by atoms with Crippen LogP contribution in [0.2, 0.25) is 0 Å². The van der Waals surface area contributed by atoms with Crippen molar-refractivity contribution in [1.29, 1.82) is 0 Å². The van der Waals surface area contributed by atoms with Gasteiger partial charge in [-0.05, 0) is 12.8 Å². The van der Waals surface area contributed by atoms with Crippen LogP contribution >= 0.6 is 11.3 Å². The summed E-state index contributed by atoms with van der Waals surface area (Å²) in [4.78, 5) is 16.4. The van der Waals surface area contributed by atoms with E-state index in [4.69, 9.17) is 5.73 Å². The summed E-state index contributed by atoms with van der Waals surface area (Å²) in [6.07, 6.45) is 6.24. The summed E-state index contributed by atoms with van der Waals surface area (Å²) in [6, 6.07) is 1.99. The van der Waals surface area contributed by atoms with Crippen molar-refractivity contribution in [3.05, 3.63) is 27.8 Å². The van der Waals surface area contributed by atoms with E-state index < -0.39 is 0 Å². The number of thiazole rings is 1. The van der Waals surface area contributed by atoms with Gasteiger partial charge in [-0.2, -0.15) is 5.10 Å². The number of amides is 1. The zero-order valence-electron chi connectivity index (χ0n) is 12.7. The van der Waals surface area contributed by atoms with Crippen LogP contribution < -0.4 is 11.1 Å². The van der Waals surface area contributed by atoms with E-state index in [0.29, 0.717) is 24.0 Å². The molecule has 2 aromatic rings. The maximum Gasteiger partial charge on any atom is 0.276 e. The molecule has 1 aliphatic rings. The number of aryl methyl sites for hydroxylation is 1. The van der Waals surface area contributed by atoms with Crippen LogP contribution in [-0.2, 0) is 13.6 Å². The van der Waals surface area contributed by atoms with Gasteiger partial charge in [-0.25, -0.2) is 4.98 Å². The second kappa shape index (κ2) is 6.58. The third-order valence-corrected chi connectivity index (χ3v) is 4.99. The first-order valence-corrected chi connectivity index (χ1v) is 8.55. The molecular formula is C15H21N5OS. The van der Waals surface area contributed by atoms with Gasteiger partial charge in [0.1, 0.15) is 16.5 Å². The van der Waals surface area contributed by atoms with Crippen molar-refractivity contribution in [3.63, 3.8) is 0 Å². The molecule has 6 nitrogen and oxygen atoms in total. The van der Waals surface area contributed by atoms with E-state index in [1.54, 1.807) is 10.1 Å². The molecule has 0 spiro atoms. The van der Waals surface area contributed by atoms with Gasteiger partial charge in [0, 0.05) is 31.0 Å². The molecule has 2 aromatic heterocycles. The minimum Gasteiger partial charge on any atom is -0.325 e. The van der Waals surface area contributed by atoms with Crippen LogP contribution in [0.1, 0.15) is 59.2 Å². The lowest BCUT2D eigenvalue weighted by Gasteiger charge is -2.19. The fourth-order valence-corrected chi connectivity index (χ4v) is 3.55. The highest BCUT2D eigenvalue weighted by Gasteiger charge is 2.20. The van der Waals surface area contributed by atoms with E-state index in [-0.39, 0.29) is 5.91 Å². The maximum absolute atomic E-state index is 12.2. The third kappa shape index (κ3) is 3.20. The van der Waals surface area contributed by atoms with Crippen LogP contribution in [0.5, 0.6) is 0 Å². The average Bonchev–Trinajstić information content (AvgIpc) is 3.15. The number of anilines is 1. The van der Waals surface area contributed by atoms with Crippen molar-refractivity contribution < 1.29 is 4.79 Å². The van der Waals surface area contributed by atoms with Gasteiger partial charge in [0.2, 0.25) is 0 Å². The van der Waals surface area contributed by atoms with Gasteiger partial charge in [0.15, 0.2) is 0 Å². The monoisotopic (exact) mass is 319 g/mol. The lowest BCUT2D eigenvalue weighted by molar-refractivity contribution is 0.102. The van der Waals surface area contributed by atoms with Gasteiger partial charge in [-0.15, -0.1) is 11.3 Å². The number of carbonyl (C=O) groups is 1. The van der Waals surface area contributed by atoms with Gasteiger partial charge < -0.3 is 11.1 Å². The zero-order valence-corrected chi connectivity index (χ0v) is 13.5. The summed E-state index contributed by atoms with van der Waals surface area (Å²) in [5.41, 5.74) is 7.02. The summed E-state index contributed by atoms with van der Waals surface area (Å²) in [5.74, 6) is 1.02. The van der Waals surface area contributed by atoms with Crippen LogP contribution in [0.25, 0.3) is 0 Å². The molecule has 22 heavy (non-hydrogen) atoms. The summed E-state index contributed by atoms with van der Waals surface area (Å²) in [6.45, 7) is 0.357. The van der Waals surface area contributed by atoms with Crippen molar-refractivity contribution in [2.24, 2.45) is 12.8 Å². The first-order valence-electron chi connectivity index (χ1n) is 7.67. The summed E-state index contributed by atoms with van der Waals surface area (Å²) < 4.78 is 1.73. The quantitative estimate of drug-likeness (QED) is 0.907. The molecule has 0 unspecified atom stereocenters. The van der Waals surface area contributed by atoms with Crippen LogP contribution in [0.4, 0.5) is 5.82 Å². The fraction of sp³-hybridized carbons (Fsp3) is 0.533. The lowest BCUT2D eigenvalue weighted by Crippen LogP contribution is -2.15. The van der Waals surface area contributed by atoms with Crippen LogP contribution in [0.3, 0.4) is 0 Å². The molecule has 1 saturated carbocycles. The molecule has 0 radical (unpaired) electrons. The maximum atomic E-state index is 12.2. The zero-order chi connectivity index (χ0) is 15.5. The number of carbonyl (C=O) groups excluding carboxylic acids is 1. The van der Waals surface area contributed by atoms with Crippen LogP contribution in [0.15, 0.2) is 11.4 Å². The summed E-state index contributed by atoms with van der Waals surface area (Å²) >= 11 is 1.40. The van der Waals surface area contributed by atoms with Crippen molar-refractivity contribution >= 4 is 23.1 Å². The van der Waals surface area contributed by atoms with Gasteiger partial charge in [-0.1, -0.05) is 19.3 Å². The highest BCUT2D eigenvalue weighted by molar-refractivity contribution is 7.09. The van der Waals surface area contributed by atoms with Crippen LogP contribution in [-0.4, -0.2) is 20.7 Å². The molecular weight excluding hydrogens is 298 g/mol. The molecule has 2 heterocycles. The highest BCUT2D eigenvalue weighted by atomic mass is 32.1. The standard InChI is InChI=1S/C15H21N5OS/c1-20-13(7-11(19-20)10-5-3-2-4-6-10)18-15(21)12-9-22-14(8-16)17-12/h7,9-10H,2-6,8,16H2,1H3,(H,18,21). The van der Waals surface area contributed by atoms with Gasteiger partial charge in [0.05, 0.1) is 5.69 Å². The Morgan fingerprint density at radius 2 is 2.23 bits per heavy atom. The Morgan fingerprint density at radius 1 is 1.45 bits per heavy atom. The first kappa shape index (κ1) is 15.2. The third-order valence-electron chi connectivity index (χ3n) is 4.12. The smallest absolute Gasteiger partial charge is 0.276 e. The number of nitrogens with two attached hydrogens (primary N) is 1. The molecule has 118 valence electrons. The van der Waals surface area contributed by atoms with Crippen LogP contribution in [0, 0.1) is 0 Å². The minimum absolute atomic E-state index is 0.214. The van der Waals surface area contributed by atoms with E-state index in [9.17, 15) is 4.79 Å². The molecule has 0 aliphatic heterocycles. The Labute approximate surface area is 133 Å². The Balaban J connectivity index is 1.71. The number of aromatic nitrogens is 3. The Hall–Kier alpha value is -1.73. The molecule has 3 N–H and O–H groups in total. The highest BCUT2D eigenvalue weighted by Crippen LogP contribution is 2.32. The Kier molecular flexibility index (Phi) is 4.54. The number of nitrogens with one attached hydrogen (secondary N) is 1. The number of hydrogen-bond acceptors (Lipinski definition) is 5. The van der Waals surface area contributed by atoms with E-state index in [2.05, 4.69) is 15.4 Å². The average molecular weight is 319 g/mol. The Bertz CT molecular complexity index is 657. The molecule has 0 saturated heterocycles. The predicted octanol–water partition coefficient (Wildman–Crippen LogP) is 2.64. The molecule has 1 fully saturated rings. The van der Waals surface area contributed by atoms with Crippen molar-refractivity contribution in [2.75, 3.05) is 5.32 Å².